The minimum Gasteiger partial charge on any atom is -0.367 e. The van der Waals surface area contributed by atoms with Gasteiger partial charge in [0.15, 0.2) is 5.60 Å². The minimum absolute atomic E-state index is 0.0352. The summed E-state index contributed by atoms with van der Waals surface area (Å²) in [7, 11) is 0. The average Bonchev–Trinajstić information content (AvgIpc) is 2.68. The van der Waals surface area contributed by atoms with Crippen LogP contribution in [0.15, 0.2) is 48.8 Å². The molecule has 6 heteroatoms. The van der Waals surface area contributed by atoms with E-state index < -0.39 is 11.5 Å². The Hall–Kier alpha value is -2.73. The third-order valence-corrected chi connectivity index (χ3v) is 4.98. The molecule has 2 aromatic rings. The van der Waals surface area contributed by atoms with Crippen molar-refractivity contribution in [1.29, 1.82) is 0 Å². The van der Waals surface area contributed by atoms with E-state index in [1.54, 1.807) is 17.3 Å². The lowest BCUT2D eigenvalue weighted by atomic mass is 9.90. The molecule has 148 valence electrons. The van der Waals surface area contributed by atoms with Crippen LogP contribution in [0.25, 0.3) is 11.1 Å². The predicted molar refractivity (Wildman–Crippen MR) is 107 cm³/mol. The van der Waals surface area contributed by atoms with Crippen LogP contribution in [0.1, 0.15) is 25.8 Å². The van der Waals surface area contributed by atoms with Crippen LogP contribution in [0.4, 0.5) is 0 Å². The van der Waals surface area contributed by atoms with Crippen LogP contribution in [0.2, 0.25) is 0 Å². The van der Waals surface area contributed by atoms with E-state index in [0.29, 0.717) is 26.0 Å². The first kappa shape index (κ1) is 20.0. The summed E-state index contributed by atoms with van der Waals surface area (Å²) in [5.74, 6) is -0.246. The van der Waals surface area contributed by atoms with Gasteiger partial charge in [-0.3, -0.25) is 14.6 Å². The van der Waals surface area contributed by atoms with Crippen LogP contribution in [-0.4, -0.2) is 47.0 Å². The number of nitrogens with two attached hydrogens (primary N) is 1. The van der Waals surface area contributed by atoms with Crippen molar-refractivity contribution in [3.63, 3.8) is 0 Å². The van der Waals surface area contributed by atoms with Gasteiger partial charge >= 0.3 is 0 Å². The largest absolute Gasteiger partial charge is 0.367 e. The van der Waals surface area contributed by atoms with Crippen molar-refractivity contribution in [2.24, 2.45) is 11.7 Å². The van der Waals surface area contributed by atoms with Gasteiger partial charge in [0.1, 0.15) is 0 Å². The number of hydrogen-bond donors (Lipinski definition) is 1. The molecule has 0 unspecified atom stereocenters. The first-order chi connectivity index (χ1) is 13.4. The number of primary amides is 1. The van der Waals surface area contributed by atoms with Crippen molar-refractivity contribution in [3.05, 3.63) is 54.4 Å². The van der Waals surface area contributed by atoms with Crippen molar-refractivity contribution in [2.75, 3.05) is 19.7 Å². The standard InChI is InChI=1S/C22H27N3O3/c1-16(2)11-20(26)25-9-10-28-22(15-25,21(23)27)13-17-5-3-6-18(12-17)19-7-4-8-24-14-19/h3-8,12,14,16H,9-11,13,15H2,1-2H3,(H2,23,27)/t22-/m1/s1. The van der Waals surface area contributed by atoms with Crippen molar-refractivity contribution in [2.45, 2.75) is 32.3 Å². The molecule has 1 aliphatic rings. The maximum Gasteiger partial charge on any atom is 0.251 e. The molecular weight excluding hydrogens is 354 g/mol. The van der Waals surface area contributed by atoms with Crippen molar-refractivity contribution < 1.29 is 14.3 Å². The van der Waals surface area contributed by atoms with Crippen LogP contribution >= 0.6 is 0 Å². The molecule has 1 atom stereocenters. The van der Waals surface area contributed by atoms with Crippen LogP contribution < -0.4 is 5.73 Å². The Morgan fingerprint density at radius 2 is 2.04 bits per heavy atom. The molecule has 2 heterocycles. The Morgan fingerprint density at radius 1 is 1.25 bits per heavy atom. The van der Waals surface area contributed by atoms with Gasteiger partial charge in [0, 0.05) is 31.8 Å². The highest BCUT2D eigenvalue weighted by atomic mass is 16.5. The molecular formula is C22H27N3O3. The molecule has 2 N–H and O–H groups in total. The molecule has 0 saturated carbocycles. The van der Waals surface area contributed by atoms with E-state index in [1.807, 2.05) is 50.2 Å². The number of amides is 2. The predicted octanol–water partition coefficient (Wildman–Crippen LogP) is 2.42. The summed E-state index contributed by atoms with van der Waals surface area (Å²) < 4.78 is 5.88. The number of hydrogen-bond acceptors (Lipinski definition) is 4. The SMILES string of the molecule is CC(C)CC(=O)N1CCO[C@@](Cc2cccc(-c3cccnc3)c2)(C(N)=O)C1. The Bertz CT molecular complexity index is 838. The van der Waals surface area contributed by atoms with Crippen molar-refractivity contribution >= 4 is 11.8 Å². The van der Waals surface area contributed by atoms with Gasteiger partial charge < -0.3 is 15.4 Å². The molecule has 1 fully saturated rings. The molecule has 1 saturated heterocycles. The number of carbonyl (C=O) groups excluding carboxylic acids is 2. The lowest BCUT2D eigenvalue weighted by molar-refractivity contribution is -0.163. The zero-order chi connectivity index (χ0) is 20.1. The lowest BCUT2D eigenvalue weighted by Gasteiger charge is -2.41. The van der Waals surface area contributed by atoms with Gasteiger partial charge in [0.25, 0.3) is 5.91 Å². The summed E-state index contributed by atoms with van der Waals surface area (Å²) in [5, 5.41) is 0. The van der Waals surface area contributed by atoms with Crippen LogP contribution in [0.3, 0.4) is 0 Å². The van der Waals surface area contributed by atoms with Gasteiger partial charge in [-0.2, -0.15) is 0 Å². The fourth-order valence-electron chi connectivity index (χ4n) is 3.54. The number of ether oxygens (including phenoxy) is 1. The van der Waals surface area contributed by atoms with Crippen molar-refractivity contribution in [1.82, 2.24) is 9.88 Å². The summed E-state index contributed by atoms with van der Waals surface area (Å²) in [4.78, 5) is 30.8. The summed E-state index contributed by atoms with van der Waals surface area (Å²) in [5.41, 5.74) is 7.47. The quantitative estimate of drug-likeness (QED) is 0.833. The number of benzene rings is 1. The third kappa shape index (κ3) is 4.57. The summed E-state index contributed by atoms with van der Waals surface area (Å²) in [6, 6.07) is 11.8. The Kier molecular flexibility index (Phi) is 6.09. The lowest BCUT2D eigenvalue weighted by Crippen LogP contribution is -2.61. The highest BCUT2D eigenvalue weighted by Crippen LogP contribution is 2.27. The smallest absolute Gasteiger partial charge is 0.251 e. The van der Waals surface area contributed by atoms with E-state index in [4.69, 9.17) is 10.5 Å². The summed E-state index contributed by atoms with van der Waals surface area (Å²) in [6.45, 7) is 4.98. The Labute approximate surface area is 165 Å². The van der Waals surface area contributed by atoms with Gasteiger partial charge in [-0.05, 0) is 28.7 Å². The van der Waals surface area contributed by atoms with E-state index in [1.165, 1.54) is 0 Å². The normalized spacial score (nSPS) is 19.6. The number of rotatable bonds is 6. The van der Waals surface area contributed by atoms with Crippen LogP contribution in [-0.2, 0) is 20.7 Å². The maximum atomic E-state index is 12.5. The zero-order valence-corrected chi connectivity index (χ0v) is 16.4. The summed E-state index contributed by atoms with van der Waals surface area (Å²) >= 11 is 0. The van der Waals surface area contributed by atoms with Gasteiger partial charge in [0.2, 0.25) is 5.91 Å². The third-order valence-electron chi connectivity index (χ3n) is 4.98. The monoisotopic (exact) mass is 381 g/mol. The molecule has 0 bridgehead atoms. The van der Waals surface area contributed by atoms with Gasteiger partial charge in [-0.15, -0.1) is 0 Å². The Morgan fingerprint density at radius 3 is 2.71 bits per heavy atom. The highest BCUT2D eigenvalue weighted by molar-refractivity contribution is 5.86. The van der Waals surface area contributed by atoms with Crippen LogP contribution in [0.5, 0.6) is 0 Å². The number of pyridine rings is 1. The van der Waals surface area contributed by atoms with E-state index in [2.05, 4.69) is 4.98 Å². The number of morpholine rings is 1. The summed E-state index contributed by atoms with van der Waals surface area (Å²) in [6.07, 6.45) is 4.30. The molecule has 3 rings (SSSR count). The van der Waals surface area contributed by atoms with Gasteiger partial charge in [-0.25, -0.2) is 0 Å². The van der Waals surface area contributed by atoms with Gasteiger partial charge in [0.05, 0.1) is 13.2 Å². The second-order valence-electron chi connectivity index (χ2n) is 7.74. The van der Waals surface area contributed by atoms with Crippen LogP contribution in [0, 0.1) is 5.92 Å². The number of carbonyl (C=O) groups is 2. The zero-order valence-electron chi connectivity index (χ0n) is 16.4. The van der Waals surface area contributed by atoms with Crippen molar-refractivity contribution in [3.8, 4) is 11.1 Å². The minimum atomic E-state index is -1.21. The number of nitrogens with zero attached hydrogens (tertiary/aromatic N) is 2. The Balaban J connectivity index is 1.83. The fraction of sp³-hybridized carbons (Fsp3) is 0.409. The first-order valence-electron chi connectivity index (χ1n) is 9.60. The molecule has 1 aliphatic heterocycles. The molecule has 2 amide bonds. The molecule has 1 aromatic heterocycles. The molecule has 1 aromatic carbocycles. The van der Waals surface area contributed by atoms with E-state index >= 15 is 0 Å². The van der Waals surface area contributed by atoms with Gasteiger partial charge in [-0.1, -0.05) is 44.2 Å². The molecule has 6 nitrogen and oxygen atoms in total. The first-order valence-corrected chi connectivity index (χ1v) is 9.60. The second-order valence-corrected chi connectivity index (χ2v) is 7.74. The number of aromatic nitrogens is 1. The topological polar surface area (TPSA) is 85.5 Å². The molecule has 0 radical (unpaired) electrons. The fourth-order valence-corrected chi connectivity index (χ4v) is 3.54. The second kappa shape index (κ2) is 8.52. The maximum absolute atomic E-state index is 12.5. The highest BCUT2D eigenvalue weighted by Gasteiger charge is 2.43. The average molecular weight is 381 g/mol. The molecule has 0 spiro atoms. The van der Waals surface area contributed by atoms with E-state index in [9.17, 15) is 9.59 Å². The molecule has 28 heavy (non-hydrogen) atoms. The van der Waals surface area contributed by atoms with E-state index in [0.717, 1.165) is 16.7 Å². The molecule has 0 aliphatic carbocycles. The van der Waals surface area contributed by atoms with E-state index in [-0.39, 0.29) is 18.4 Å².